The lowest BCUT2D eigenvalue weighted by molar-refractivity contribution is -0.145. The molecule has 4 amide bonds. The van der Waals surface area contributed by atoms with Gasteiger partial charge >= 0.3 is 0 Å². The summed E-state index contributed by atoms with van der Waals surface area (Å²) in [6, 6.07) is -3.44. The summed E-state index contributed by atoms with van der Waals surface area (Å²) >= 11 is 0. The maximum atomic E-state index is 14.3. The molecule has 0 aromatic heterocycles. The standard InChI is InChI=1S/C30H53N5O6S/c1-7-8-17-31-28(38)24-22-16-12-15-21(22)18-35(24)29(39)25(30(3,4)5)33-27(37)23(20-13-10-9-11-14-20)32-26(36)19(2)34-42(6,40)41/h19-25,34H,7-18H2,1-6H3,(H,31,38)(H,32,36)(H,33,37)/t19-,21+,22+,23+,24+,25-/m1/s1. The van der Waals surface area contributed by atoms with E-state index < -0.39 is 51.4 Å². The number of nitrogens with one attached hydrogen (secondary N) is 4. The number of nitrogens with zero attached hydrogens (tertiary/aromatic N) is 1. The van der Waals surface area contributed by atoms with E-state index >= 15 is 0 Å². The van der Waals surface area contributed by atoms with Crippen LogP contribution in [0.3, 0.4) is 0 Å². The molecule has 1 heterocycles. The smallest absolute Gasteiger partial charge is 0.246 e. The molecule has 0 unspecified atom stereocenters. The number of likely N-dealkylation sites (tertiary alicyclic amines) is 1. The van der Waals surface area contributed by atoms with E-state index in [-0.39, 0.29) is 29.6 Å². The first kappa shape index (κ1) is 34.3. The van der Waals surface area contributed by atoms with Gasteiger partial charge < -0.3 is 20.9 Å². The van der Waals surface area contributed by atoms with E-state index in [1.54, 1.807) is 4.90 Å². The molecule has 2 saturated carbocycles. The molecule has 240 valence electrons. The van der Waals surface area contributed by atoms with Gasteiger partial charge in [-0.15, -0.1) is 0 Å². The second kappa shape index (κ2) is 14.5. The Morgan fingerprint density at radius 3 is 2.19 bits per heavy atom. The zero-order valence-corrected chi connectivity index (χ0v) is 27.1. The van der Waals surface area contributed by atoms with Crippen molar-refractivity contribution in [2.24, 2.45) is 23.2 Å². The van der Waals surface area contributed by atoms with Crippen molar-refractivity contribution in [1.82, 2.24) is 25.6 Å². The first-order valence-electron chi connectivity index (χ1n) is 15.8. The number of carbonyl (C=O) groups is 4. The van der Waals surface area contributed by atoms with Crippen molar-refractivity contribution >= 4 is 33.7 Å². The zero-order valence-electron chi connectivity index (χ0n) is 26.3. The van der Waals surface area contributed by atoms with Gasteiger partial charge in [-0.3, -0.25) is 19.2 Å². The van der Waals surface area contributed by atoms with Crippen molar-refractivity contribution in [3.63, 3.8) is 0 Å². The fourth-order valence-corrected chi connectivity index (χ4v) is 7.67. The van der Waals surface area contributed by atoms with Crippen LogP contribution in [0.2, 0.25) is 0 Å². The van der Waals surface area contributed by atoms with Gasteiger partial charge in [0.1, 0.15) is 18.1 Å². The minimum Gasteiger partial charge on any atom is -0.354 e. The molecule has 3 fully saturated rings. The number of rotatable bonds is 12. The summed E-state index contributed by atoms with van der Waals surface area (Å²) in [7, 11) is -3.63. The van der Waals surface area contributed by atoms with Gasteiger partial charge in [-0.1, -0.05) is 59.8 Å². The molecule has 12 heteroatoms. The van der Waals surface area contributed by atoms with Crippen molar-refractivity contribution in [1.29, 1.82) is 0 Å². The second-order valence-electron chi connectivity index (χ2n) is 13.7. The number of hydrogen-bond acceptors (Lipinski definition) is 6. The largest absolute Gasteiger partial charge is 0.354 e. The van der Waals surface area contributed by atoms with Crippen LogP contribution in [0.4, 0.5) is 0 Å². The lowest BCUT2D eigenvalue weighted by Gasteiger charge is -2.38. The molecule has 1 aliphatic heterocycles. The Morgan fingerprint density at radius 1 is 0.929 bits per heavy atom. The van der Waals surface area contributed by atoms with Crippen LogP contribution in [0, 0.1) is 23.2 Å². The zero-order chi connectivity index (χ0) is 31.2. The van der Waals surface area contributed by atoms with Crippen molar-refractivity contribution in [2.75, 3.05) is 19.3 Å². The molecule has 0 aromatic carbocycles. The van der Waals surface area contributed by atoms with Crippen LogP contribution in [0.25, 0.3) is 0 Å². The number of unbranched alkanes of at least 4 members (excludes halogenated alkanes) is 1. The summed E-state index contributed by atoms with van der Waals surface area (Å²) in [5.74, 6) is -1.20. The molecule has 0 bridgehead atoms. The van der Waals surface area contributed by atoms with Crippen LogP contribution in [-0.4, -0.2) is 80.5 Å². The fourth-order valence-electron chi connectivity index (χ4n) is 6.93. The molecule has 3 rings (SSSR count). The third kappa shape index (κ3) is 8.90. The topological polar surface area (TPSA) is 154 Å². The molecule has 2 aliphatic carbocycles. The minimum atomic E-state index is -3.63. The van der Waals surface area contributed by atoms with Gasteiger partial charge in [-0.25, -0.2) is 13.1 Å². The Balaban J connectivity index is 1.83. The molecule has 11 nitrogen and oxygen atoms in total. The average molecular weight is 612 g/mol. The van der Waals surface area contributed by atoms with Crippen LogP contribution < -0.4 is 20.7 Å². The van der Waals surface area contributed by atoms with Crippen LogP contribution in [-0.2, 0) is 29.2 Å². The molecule has 3 aliphatic rings. The van der Waals surface area contributed by atoms with Crippen LogP contribution in [0.5, 0.6) is 0 Å². The molecule has 0 spiro atoms. The van der Waals surface area contributed by atoms with Gasteiger partial charge in [-0.05, 0) is 62.2 Å². The Morgan fingerprint density at radius 2 is 1.60 bits per heavy atom. The monoisotopic (exact) mass is 611 g/mol. The van der Waals surface area contributed by atoms with Gasteiger partial charge in [0.25, 0.3) is 0 Å². The van der Waals surface area contributed by atoms with Crippen molar-refractivity contribution < 1.29 is 27.6 Å². The number of carbonyl (C=O) groups excluding carboxylic acids is 4. The molecule has 6 atom stereocenters. The predicted octanol–water partition coefficient (Wildman–Crippen LogP) is 2.06. The molecular formula is C30H53N5O6S. The van der Waals surface area contributed by atoms with E-state index in [0.717, 1.165) is 70.5 Å². The molecule has 4 N–H and O–H groups in total. The van der Waals surface area contributed by atoms with Crippen molar-refractivity contribution in [2.45, 2.75) is 123 Å². The number of fused-ring (bicyclic) bond motifs is 1. The molecule has 0 radical (unpaired) electrons. The van der Waals surface area contributed by atoms with E-state index in [0.29, 0.717) is 13.1 Å². The molecule has 42 heavy (non-hydrogen) atoms. The van der Waals surface area contributed by atoms with E-state index in [4.69, 9.17) is 0 Å². The Kier molecular flexibility index (Phi) is 11.8. The number of amides is 4. The lowest BCUT2D eigenvalue weighted by atomic mass is 9.82. The Hall–Kier alpha value is -2.21. The predicted molar refractivity (Wildman–Crippen MR) is 162 cm³/mol. The number of sulfonamides is 1. The first-order chi connectivity index (χ1) is 19.6. The quantitative estimate of drug-likeness (QED) is 0.248. The highest BCUT2D eigenvalue weighted by Crippen LogP contribution is 2.43. The summed E-state index contributed by atoms with van der Waals surface area (Å²) < 4.78 is 25.7. The second-order valence-corrected chi connectivity index (χ2v) is 15.5. The van der Waals surface area contributed by atoms with Gasteiger partial charge in [0.05, 0.1) is 12.3 Å². The highest BCUT2D eigenvalue weighted by atomic mass is 32.2. The first-order valence-corrected chi connectivity index (χ1v) is 17.7. The van der Waals surface area contributed by atoms with E-state index in [9.17, 15) is 27.6 Å². The maximum Gasteiger partial charge on any atom is 0.246 e. The van der Waals surface area contributed by atoms with Gasteiger partial charge in [0.2, 0.25) is 33.7 Å². The van der Waals surface area contributed by atoms with Crippen LogP contribution in [0.1, 0.15) is 98.8 Å². The molecular weight excluding hydrogens is 558 g/mol. The molecule has 0 aromatic rings. The summed E-state index contributed by atoms with van der Waals surface area (Å²) in [5, 5.41) is 8.82. The third-order valence-electron chi connectivity index (χ3n) is 9.16. The highest BCUT2D eigenvalue weighted by molar-refractivity contribution is 7.88. The maximum absolute atomic E-state index is 14.3. The minimum absolute atomic E-state index is 0.116. The number of hydrogen-bond donors (Lipinski definition) is 4. The fraction of sp³-hybridized carbons (Fsp3) is 0.867. The van der Waals surface area contributed by atoms with E-state index in [1.165, 1.54) is 6.92 Å². The third-order valence-corrected chi connectivity index (χ3v) is 9.94. The van der Waals surface area contributed by atoms with Crippen molar-refractivity contribution in [3.05, 3.63) is 0 Å². The van der Waals surface area contributed by atoms with E-state index in [2.05, 4.69) is 27.6 Å². The summed E-state index contributed by atoms with van der Waals surface area (Å²) in [6.07, 6.45) is 10.1. The van der Waals surface area contributed by atoms with Crippen molar-refractivity contribution in [3.8, 4) is 0 Å². The highest BCUT2D eigenvalue weighted by Gasteiger charge is 2.52. The SMILES string of the molecule is CCCCNC(=O)[C@@H]1[C@H]2CCC[C@H]2CN1C(=O)[C@@H](NC(=O)[C@@H](NC(=O)[C@@H](C)NS(C)(=O)=O)C1CCCCC1)C(C)(C)C. The Bertz CT molecular complexity index is 1080. The van der Waals surface area contributed by atoms with Crippen LogP contribution >= 0.6 is 0 Å². The average Bonchev–Trinajstić information content (AvgIpc) is 3.50. The summed E-state index contributed by atoms with van der Waals surface area (Å²) in [5.41, 5.74) is -0.667. The van der Waals surface area contributed by atoms with Gasteiger partial charge in [0, 0.05) is 13.1 Å². The van der Waals surface area contributed by atoms with Gasteiger partial charge in [-0.2, -0.15) is 0 Å². The van der Waals surface area contributed by atoms with E-state index in [1.807, 2.05) is 20.8 Å². The summed E-state index contributed by atoms with van der Waals surface area (Å²) in [4.78, 5) is 56.3. The lowest BCUT2D eigenvalue weighted by Crippen LogP contribution is -2.62. The normalized spacial score (nSPS) is 25.3. The molecule has 1 saturated heterocycles. The summed E-state index contributed by atoms with van der Waals surface area (Å²) in [6.45, 7) is 10.2. The Labute approximate surface area is 252 Å². The van der Waals surface area contributed by atoms with Crippen LogP contribution in [0.15, 0.2) is 0 Å². The van der Waals surface area contributed by atoms with Gasteiger partial charge in [0.15, 0.2) is 0 Å².